The summed E-state index contributed by atoms with van der Waals surface area (Å²) in [5.74, 6) is -0.493. The van der Waals surface area contributed by atoms with E-state index >= 15 is 0 Å². The van der Waals surface area contributed by atoms with Crippen molar-refractivity contribution < 1.29 is 9.59 Å². The Balaban J connectivity index is 2.11. The molecule has 4 nitrogen and oxygen atoms in total. The molecular formula is C18H19ClN2O2. The first kappa shape index (κ1) is 17.0. The molecule has 2 aromatic carbocycles. The van der Waals surface area contributed by atoms with E-state index in [4.69, 9.17) is 11.6 Å². The van der Waals surface area contributed by atoms with Gasteiger partial charge in [-0.1, -0.05) is 41.9 Å². The molecule has 0 aliphatic carbocycles. The smallest absolute Gasteiger partial charge is 0.251 e. The van der Waals surface area contributed by atoms with E-state index in [-0.39, 0.29) is 11.8 Å². The molecule has 2 aromatic rings. The van der Waals surface area contributed by atoms with Crippen LogP contribution >= 0.6 is 11.6 Å². The fourth-order valence-corrected chi connectivity index (χ4v) is 2.33. The topological polar surface area (TPSA) is 58.2 Å². The van der Waals surface area contributed by atoms with Gasteiger partial charge in [0.2, 0.25) is 5.91 Å². The molecule has 0 saturated carbocycles. The maximum Gasteiger partial charge on any atom is 0.251 e. The van der Waals surface area contributed by atoms with E-state index in [2.05, 4.69) is 10.6 Å². The maximum atomic E-state index is 12.3. The minimum atomic E-state index is -0.625. The summed E-state index contributed by atoms with van der Waals surface area (Å²) in [5.41, 5.74) is 1.46. The van der Waals surface area contributed by atoms with E-state index in [0.717, 1.165) is 5.56 Å². The monoisotopic (exact) mass is 330 g/mol. The van der Waals surface area contributed by atoms with Crippen molar-refractivity contribution in [1.29, 1.82) is 0 Å². The van der Waals surface area contributed by atoms with Gasteiger partial charge in [0, 0.05) is 23.6 Å². The van der Waals surface area contributed by atoms with Crippen LogP contribution < -0.4 is 10.6 Å². The van der Waals surface area contributed by atoms with Gasteiger partial charge in [0.15, 0.2) is 0 Å². The van der Waals surface area contributed by atoms with Gasteiger partial charge in [-0.05, 0) is 36.8 Å². The molecule has 120 valence electrons. The average molecular weight is 331 g/mol. The highest BCUT2D eigenvalue weighted by Crippen LogP contribution is 2.10. The lowest BCUT2D eigenvalue weighted by molar-refractivity contribution is -0.122. The number of halogens is 1. The van der Waals surface area contributed by atoms with Crippen molar-refractivity contribution in [3.05, 3.63) is 70.7 Å². The van der Waals surface area contributed by atoms with Gasteiger partial charge in [-0.15, -0.1) is 0 Å². The van der Waals surface area contributed by atoms with Crippen LogP contribution in [0, 0.1) is 0 Å². The summed E-state index contributed by atoms with van der Waals surface area (Å²) in [7, 11) is 0. The van der Waals surface area contributed by atoms with Gasteiger partial charge in [-0.25, -0.2) is 0 Å². The van der Waals surface area contributed by atoms with Gasteiger partial charge in [0.1, 0.15) is 6.04 Å². The predicted octanol–water partition coefficient (Wildman–Crippen LogP) is 2.82. The Morgan fingerprint density at radius 2 is 1.70 bits per heavy atom. The van der Waals surface area contributed by atoms with Gasteiger partial charge in [0.25, 0.3) is 5.91 Å². The number of nitrogens with one attached hydrogen (secondary N) is 2. The van der Waals surface area contributed by atoms with Crippen LogP contribution in [-0.2, 0) is 11.2 Å². The van der Waals surface area contributed by atoms with Gasteiger partial charge in [-0.2, -0.15) is 0 Å². The summed E-state index contributed by atoms with van der Waals surface area (Å²) in [6.07, 6.45) is 0.437. The van der Waals surface area contributed by atoms with Crippen molar-refractivity contribution in [2.75, 3.05) is 6.54 Å². The molecule has 0 aromatic heterocycles. The Kier molecular flexibility index (Phi) is 6.18. The number of benzene rings is 2. The Hall–Kier alpha value is -2.33. The number of hydrogen-bond acceptors (Lipinski definition) is 2. The molecule has 0 fully saturated rings. The molecule has 0 aliphatic heterocycles. The largest absolute Gasteiger partial charge is 0.355 e. The molecule has 1 atom stereocenters. The van der Waals surface area contributed by atoms with Crippen molar-refractivity contribution >= 4 is 23.4 Å². The predicted molar refractivity (Wildman–Crippen MR) is 91.5 cm³/mol. The first-order valence-corrected chi connectivity index (χ1v) is 7.86. The van der Waals surface area contributed by atoms with Crippen LogP contribution in [-0.4, -0.2) is 24.4 Å². The minimum Gasteiger partial charge on any atom is -0.355 e. The molecular weight excluding hydrogens is 312 g/mol. The fourth-order valence-electron chi connectivity index (χ4n) is 2.20. The Labute approximate surface area is 140 Å². The summed E-state index contributed by atoms with van der Waals surface area (Å²) >= 11 is 5.83. The molecule has 5 heteroatoms. The molecule has 2 N–H and O–H groups in total. The number of carbonyl (C=O) groups is 2. The Morgan fingerprint density at radius 3 is 2.30 bits per heavy atom. The number of hydrogen-bond donors (Lipinski definition) is 2. The van der Waals surface area contributed by atoms with Crippen LogP contribution in [0.1, 0.15) is 22.8 Å². The SMILES string of the molecule is CCNC(=O)C(Cc1ccccc1)NC(=O)c1ccc(Cl)cc1. The van der Waals surface area contributed by atoms with E-state index < -0.39 is 6.04 Å². The number of carbonyl (C=O) groups excluding carboxylic acids is 2. The van der Waals surface area contributed by atoms with Gasteiger partial charge < -0.3 is 10.6 Å². The van der Waals surface area contributed by atoms with Crippen molar-refractivity contribution in [2.45, 2.75) is 19.4 Å². The van der Waals surface area contributed by atoms with Crippen LogP contribution in [0.5, 0.6) is 0 Å². The van der Waals surface area contributed by atoms with Crippen molar-refractivity contribution in [3.8, 4) is 0 Å². The van der Waals surface area contributed by atoms with Crippen LogP contribution in [0.4, 0.5) is 0 Å². The minimum absolute atomic E-state index is 0.196. The highest BCUT2D eigenvalue weighted by Gasteiger charge is 2.21. The molecule has 1 unspecified atom stereocenters. The van der Waals surface area contributed by atoms with E-state index in [9.17, 15) is 9.59 Å². The molecule has 2 rings (SSSR count). The molecule has 0 aliphatic rings. The number of rotatable bonds is 6. The third kappa shape index (κ3) is 5.11. The second kappa shape index (κ2) is 8.34. The van der Waals surface area contributed by atoms with Crippen molar-refractivity contribution in [1.82, 2.24) is 10.6 Å². The summed E-state index contributed by atoms with van der Waals surface area (Å²) in [6.45, 7) is 2.36. The lowest BCUT2D eigenvalue weighted by atomic mass is 10.0. The normalized spacial score (nSPS) is 11.6. The molecule has 0 spiro atoms. The van der Waals surface area contributed by atoms with E-state index in [0.29, 0.717) is 23.6 Å². The van der Waals surface area contributed by atoms with Gasteiger partial charge in [0.05, 0.1) is 0 Å². The van der Waals surface area contributed by atoms with Gasteiger partial charge >= 0.3 is 0 Å². The second-order valence-corrected chi connectivity index (χ2v) is 5.55. The molecule has 2 amide bonds. The summed E-state index contributed by atoms with van der Waals surface area (Å²) in [4.78, 5) is 24.6. The summed E-state index contributed by atoms with van der Waals surface area (Å²) < 4.78 is 0. The average Bonchev–Trinajstić information content (AvgIpc) is 2.56. The number of amides is 2. The zero-order valence-corrected chi connectivity index (χ0v) is 13.6. The molecule has 0 heterocycles. The van der Waals surface area contributed by atoms with Crippen LogP contribution in [0.2, 0.25) is 5.02 Å². The fraction of sp³-hybridized carbons (Fsp3) is 0.222. The summed E-state index contributed by atoms with van der Waals surface area (Å²) in [6, 6.07) is 15.5. The van der Waals surface area contributed by atoms with Crippen molar-refractivity contribution in [2.24, 2.45) is 0 Å². The zero-order valence-electron chi connectivity index (χ0n) is 12.9. The van der Waals surface area contributed by atoms with Crippen LogP contribution in [0.15, 0.2) is 54.6 Å². The third-order valence-corrected chi connectivity index (χ3v) is 3.61. The van der Waals surface area contributed by atoms with E-state index in [1.54, 1.807) is 24.3 Å². The highest BCUT2D eigenvalue weighted by atomic mass is 35.5. The van der Waals surface area contributed by atoms with Crippen molar-refractivity contribution in [3.63, 3.8) is 0 Å². The van der Waals surface area contributed by atoms with Crippen LogP contribution in [0.25, 0.3) is 0 Å². The molecule has 0 radical (unpaired) electrons. The summed E-state index contributed by atoms with van der Waals surface area (Å²) in [5, 5.41) is 6.11. The molecule has 0 bridgehead atoms. The zero-order chi connectivity index (χ0) is 16.7. The third-order valence-electron chi connectivity index (χ3n) is 3.36. The quantitative estimate of drug-likeness (QED) is 0.855. The molecule has 23 heavy (non-hydrogen) atoms. The number of likely N-dealkylation sites (N-methyl/N-ethyl adjacent to an activating group) is 1. The van der Waals surface area contributed by atoms with E-state index in [1.807, 2.05) is 37.3 Å². The lowest BCUT2D eigenvalue weighted by Gasteiger charge is -2.18. The van der Waals surface area contributed by atoms with Gasteiger partial charge in [-0.3, -0.25) is 9.59 Å². The standard InChI is InChI=1S/C18H19ClN2O2/c1-2-20-18(23)16(12-13-6-4-3-5-7-13)21-17(22)14-8-10-15(19)11-9-14/h3-11,16H,2,12H2,1H3,(H,20,23)(H,21,22). The maximum absolute atomic E-state index is 12.3. The highest BCUT2D eigenvalue weighted by molar-refractivity contribution is 6.30. The van der Waals surface area contributed by atoms with Crippen LogP contribution in [0.3, 0.4) is 0 Å². The second-order valence-electron chi connectivity index (χ2n) is 5.12. The molecule has 0 saturated heterocycles. The lowest BCUT2D eigenvalue weighted by Crippen LogP contribution is -2.48. The van der Waals surface area contributed by atoms with E-state index in [1.165, 1.54) is 0 Å². The Morgan fingerprint density at radius 1 is 1.04 bits per heavy atom. The first-order valence-electron chi connectivity index (χ1n) is 7.48. The first-order chi connectivity index (χ1) is 11.1. The Bertz CT molecular complexity index is 656.